The van der Waals surface area contributed by atoms with Gasteiger partial charge < -0.3 is 25.2 Å². The van der Waals surface area contributed by atoms with Crippen molar-refractivity contribution in [2.75, 3.05) is 26.4 Å². The molecule has 0 rings (SSSR count). The average molecular weight is 800 g/mol. The molecular formula is C44H82NO9P. The second-order valence-electron chi connectivity index (χ2n) is 14.8. The van der Waals surface area contributed by atoms with Gasteiger partial charge in [-0.2, -0.15) is 0 Å². The first-order valence-corrected chi connectivity index (χ1v) is 23.5. The van der Waals surface area contributed by atoms with Crippen LogP contribution in [0.25, 0.3) is 0 Å². The zero-order valence-corrected chi connectivity index (χ0v) is 35.9. The lowest BCUT2D eigenvalue weighted by atomic mass is 10.1. The maximum atomic E-state index is 12.6. The van der Waals surface area contributed by atoms with Gasteiger partial charge in [0.15, 0.2) is 0 Å². The number of carboxylic acids is 1. The number of carboxylic acid groups (broad SMARTS) is 1. The van der Waals surface area contributed by atoms with Gasteiger partial charge in [0, 0.05) is 13.0 Å². The van der Waals surface area contributed by atoms with Crippen molar-refractivity contribution in [3.8, 4) is 0 Å². The zero-order valence-electron chi connectivity index (χ0n) is 35.0. The lowest BCUT2D eigenvalue weighted by Gasteiger charge is -2.20. The predicted octanol–water partition coefficient (Wildman–Crippen LogP) is 12.1. The van der Waals surface area contributed by atoms with Gasteiger partial charge in [0.05, 0.1) is 19.8 Å². The predicted molar refractivity (Wildman–Crippen MR) is 226 cm³/mol. The number of esters is 1. The fraction of sp³-hybridized carbons (Fsp3) is 0.818. The van der Waals surface area contributed by atoms with Crippen LogP contribution in [0.15, 0.2) is 36.5 Å². The molecule has 0 aromatic heterocycles. The first-order chi connectivity index (χ1) is 26.7. The van der Waals surface area contributed by atoms with Crippen LogP contribution in [0.2, 0.25) is 0 Å². The standard InChI is InChI=1S/C44H82NO9P/c1-3-5-7-9-11-13-15-17-19-20-21-22-23-24-26-28-30-32-34-36-43(46)54-41(39-52-55(49,50)53-40-42(45)44(47)48)38-51-37-35-33-31-29-27-25-18-16-14-12-10-8-6-4-2/h8,10,14,16-17,19,41-42H,3-7,9,11-13,15,18,20-40,45H2,1-2H3,(H,47,48)(H,49,50)/b10-8-,16-14-,19-17-. The molecule has 4 N–H and O–H groups in total. The van der Waals surface area contributed by atoms with Crippen LogP contribution in [-0.4, -0.2) is 60.5 Å². The Hall–Kier alpha value is -1.81. The van der Waals surface area contributed by atoms with Crippen molar-refractivity contribution in [3.63, 3.8) is 0 Å². The molecule has 0 amide bonds. The molecule has 0 spiro atoms. The van der Waals surface area contributed by atoms with E-state index in [9.17, 15) is 19.0 Å². The number of phosphoric acid groups is 1. The van der Waals surface area contributed by atoms with Crippen LogP contribution in [0.3, 0.4) is 0 Å². The molecule has 0 saturated carbocycles. The molecule has 322 valence electrons. The van der Waals surface area contributed by atoms with E-state index in [1.54, 1.807) is 0 Å². The smallest absolute Gasteiger partial charge is 0.472 e. The molecule has 0 aliphatic carbocycles. The Morgan fingerprint density at radius 3 is 1.56 bits per heavy atom. The van der Waals surface area contributed by atoms with Crippen molar-refractivity contribution in [1.29, 1.82) is 0 Å². The first kappa shape index (κ1) is 53.2. The first-order valence-electron chi connectivity index (χ1n) is 22.0. The van der Waals surface area contributed by atoms with Crippen LogP contribution < -0.4 is 5.73 Å². The monoisotopic (exact) mass is 800 g/mol. The second-order valence-corrected chi connectivity index (χ2v) is 16.3. The Labute approximate surface area is 336 Å². The van der Waals surface area contributed by atoms with Gasteiger partial charge in [-0.1, -0.05) is 159 Å². The second kappa shape index (κ2) is 40.4. The zero-order chi connectivity index (χ0) is 40.5. The van der Waals surface area contributed by atoms with Gasteiger partial charge in [-0.15, -0.1) is 0 Å². The maximum absolute atomic E-state index is 12.6. The lowest BCUT2D eigenvalue weighted by molar-refractivity contribution is -0.154. The molecule has 0 radical (unpaired) electrons. The van der Waals surface area contributed by atoms with Gasteiger partial charge in [-0.25, -0.2) is 4.57 Å². The SMILES string of the molecule is CCC/C=C\C/C=C\CCCCCCCCOCC(COP(=O)(O)OCC(N)C(=O)O)OC(=O)CCCCCCCCCCC/C=C\CCCCCCCC. The van der Waals surface area contributed by atoms with Gasteiger partial charge in [0.2, 0.25) is 0 Å². The van der Waals surface area contributed by atoms with Gasteiger partial charge in [0.25, 0.3) is 0 Å². The number of carbonyl (C=O) groups is 2. The topological polar surface area (TPSA) is 155 Å². The highest BCUT2D eigenvalue weighted by atomic mass is 31.2. The van der Waals surface area contributed by atoms with E-state index in [1.165, 1.54) is 109 Å². The Morgan fingerprint density at radius 2 is 1.04 bits per heavy atom. The summed E-state index contributed by atoms with van der Waals surface area (Å²) in [6.45, 7) is 3.80. The highest BCUT2D eigenvalue weighted by Crippen LogP contribution is 2.43. The molecular weight excluding hydrogens is 717 g/mol. The van der Waals surface area contributed by atoms with Gasteiger partial charge >= 0.3 is 19.8 Å². The van der Waals surface area contributed by atoms with E-state index in [2.05, 4.69) is 50.3 Å². The third-order valence-corrected chi connectivity index (χ3v) is 10.3. The summed E-state index contributed by atoms with van der Waals surface area (Å²) in [6.07, 6.45) is 44.8. The molecule has 3 unspecified atom stereocenters. The molecule has 0 fully saturated rings. The van der Waals surface area contributed by atoms with Crippen molar-refractivity contribution < 1.29 is 42.7 Å². The summed E-state index contributed by atoms with van der Waals surface area (Å²) < 4.78 is 33.3. The molecule has 0 heterocycles. The molecule has 10 nitrogen and oxygen atoms in total. The van der Waals surface area contributed by atoms with Crippen molar-refractivity contribution in [2.24, 2.45) is 5.73 Å². The fourth-order valence-electron chi connectivity index (χ4n) is 5.93. The number of carbonyl (C=O) groups excluding carboxylic acids is 1. The van der Waals surface area contributed by atoms with Gasteiger partial charge in [0.1, 0.15) is 12.1 Å². The van der Waals surface area contributed by atoms with E-state index in [4.69, 9.17) is 29.4 Å². The Balaban J connectivity index is 4.22. The average Bonchev–Trinajstić information content (AvgIpc) is 3.16. The van der Waals surface area contributed by atoms with Crippen molar-refractivity contribution in [2.45, 2.75) is 206 Å². The number of unbranched alkanes of at least 4 members (excludes halogenated alkanes) is 22. The Morgan fingerprint density at radius 1 is 0.582 bits per heavy atom. The van der Waals surface area contributed by atoms with Crippen LogP contribution in [0.4, 0.5) is 0 Å². The number of nitrogens with two attached hydrogens (primary N) is 1. The maximum Gasteiger partial charge on any atom is 0.472 e. The summed E-state index contributed by atoms with van der Waals surface area (Å²) in [6, 6.07) is -1.47. The van der Waals surface area contributed by atoms with Crippen LogP contribution in [0, 0.1) is 0 Å². The molecule has 3 atom stereocenters. The molecule has 0 aliphatic rings. The summed E-state index contributed by atoms with van der Waals surface area (Å²) in [4.78, 5) is 33.5. The third kappa shape index (κ3) is 40.2. The minimum absolute atomic E-state index is 0.00975. The van der Waals surface area contributed by atoms with Crippen molar-refractivity contribution in [3.05, 3.63) is 36.5 Å². The number of aliphatic carboxylic acids is 1. The summed E-state index contributed by atoms with van der Waals surface area (Å²) in [5.41, 5.74) is 5.35. The Kier molecular flexibility index (Phi) is 39.1. The van der Waals surface area contributed by atoms with Crippen LogP contribution >= 0.6 is 7.82 Å². The van der Waals surface area contributed by atoms with E-state index in [1.807, 2.05) is 0 Å². The largest absolute Gasteiger partial charge is 0.480 e. The molecule has 0 aromatic carbocycles. The summed E-state index contributed by atoms with van der Waals surface area (Å²) in [5, 5.41) is 8.89. The van der Waals surface area contributed by atoms with E-state index in [0.29, 0.717) is 13.0 Å². The normalized spacial score (nSPS) is 14.3. The van der Waals surface area contributed by atoms with Crippen LogP contribution in [-0.2, 0) is 32.7 Å². The van der Waals surface area contributed by atoms with Gasteiger partial charge in [-0.3, -0.25) is 18.6 Å². The highest BCUT2D eigenvalue weighted by molar-refractivity contribution is 7.47. The summed E-state index contributed by atoms with van der Waals surface area (Å²) >= 11 is 0. The molecule has 0 saturated heterocycles. The number of hydrogen-bond donors (Lipinski definition) is 3. The van der Waals surface area contributed by atoms with Gasteiger partial charge in [-0.05, 0) is 64.2 Å². The molecule has 0 aromatic rings. The van der Waals surface area contributed by atoms with Crippen molar-refractivity contribution in [1.82, 2.24) is 0 Å². The molecule has 55 heavy (non-hydrogen) atoms. The molecule has 0 bridgehead atoms. The summed E-state index contributed by atoms with van der Waals surface area (Å²) in [5.74, 6) is -1.78. The number of phosphoric ester groups is 1. The number of allylic oxidation sites excluding steroid dienone is 6. The van der Waals surface area contributed by atoms with E-state index in [0.717, 1.165) is 57.8 Å². The minimum Gasteiger partial charge on any atom is -0.480 e. The van der Waals surface area contributed by atoms with E-state index < -0.39 is 45.1 Å². The third-order valence-electron chi connectivity index (χ3n) is 9.37. The van der Waals surface area contributed by atoms with Crippen LogP contribution in [0.1, 0.15) is 194 Å². The van der Waals surface area contributed by atoms with E-state index in [-0.39, 0.29) is 13.0 Å². The molecule has 0 aliphatic heterocycles. The number of ether oxygens (including phenoxy) is 2. The quantitative estimate of drug-likeness (QED) is 0.0235. The highest BCUT2D eigenvalue weighted by Gasteiger charge is 2.27. The number of hydrogen-bond acceptors (Lipinski definition) is 8. The lowest BCUT2D eigenvalue weighted by Crippen LogP contribution is -2.34. The van der Waals surface area contributed by atoms with E-state index >= 15 is 0 Å². The van der Waals surface area contributed by atoms with Crippen molar-refractivity contribution >= 4 is 19.8 Å². The Bertz CT molecular complexity index is 1020. The number of rotatable bonds is 42. The fourth-order valence-corrected chi connectivity index (χ4v) is 6.71. The molecule has 11 heteroatoms. The minimum atomic E-state index is -4.62. The summed E-state index contributed by atoms with van der Waals surface area (Å²) in [7, 11) is -4.62. The van der Waals surface area contributed by atoms with Crippen LogP contribution in [0.5, 0.6) is 0 Å².